The number of hydrogen-bond acceptors (Lipinski definition) is 2. The van der Waals surface area contributed by atoms with E-state index in [1.54, 1.807) is 12.1 Å². The normalized spacial score (nSPS) is 18.3. The molecule has 0 spiro atoms. The van der Waals surface area contributed by atoms with Gasteiger partial charge in [0.2, 0.25) is 0 Å². The molecule has 18 heavy (non-hydrogen) atoms. The molecule has 0 radical (unpaired) electrons. The SMILES string of the molecule is CC1C=CC=C(c2cccc(O)c2C(=O)O)C=C1. The number of carboxylic acid groups (broad SMARTS) is 1. The third-order valence-electron chi connectivity index (χ3n) is 2.84. The van der Waals surface area contributed by atoms with Crippen LogP contribution in [-0.2, 0) is 0 Å². The van der Waals surface area contributed by atoms with E-state index in [0.717, 1.165) is 5.57 Å². The van der Waals surface area contributed by atoms with Crippen LogP contribution in [0.3, 0.4) is 0 Å². The summed E-state index contributed by atoms with van der Waals surface area (Å²) in [6, 6.07) is 4.72. The van der Waals surface area contributed by atoms with E-state index in [1.165, 1.54) is 6.07 Å². The molecular formula is C15H14O3. The van der Waals surface area contributed by atoms with E-state index < -0.39 is 5.97 Å². The quantitative estimate of drug-likeness (QED) is 0.837. The highest BCUT2D eigenvalue weighted by molar-refractivity contribution is 5.98. The van der Waals surface area contributed by atoms with Crippen molar-refractivity contribution in [2.24, 2.45) is 5.92 Å². The van der Waals surface area contributed by atoms with Gasteiger partial charge in [-0.2, -0.15) is 0 Å². The molecule has 92 valence electrons. The van der Waals surface area contributed by atoms with Crippen molar-refractivity contribution in [3.05, 3.63) is 59.7 Å². The van der Waals surface area contributed by atoms with Crippen molar-refractivity contribution in [1.82, 2.24) is 0 Å². The number of allylic oxidation sites excluding steroid dienone is 6. The Hall–Kier alpha value is -2.29. The minimum Gasteiger partial charge on any atom is -0.507 e. The fraction of sp³-hybridized carbons (Fsp3) is 0.133. The molecule has 3 nitrogen and oxygen atoms in total. The van der Waals surface area contributed by atoms with E-state index in [1.807, 2.05) is 37.3 Å². The first-order valence-corrected chi connectivity index (χ1v) is 5.72. The molecule has 0 aliphatic heterocycles. The lowest BCUT2D eigenvalue weighted by molar-refractivity contribution is 0.0693. The van der Waals surface area contributed by atoms with Crippen LogP contribution in [0, 0.1) is 5.92 Å². The maximum Gasteiger partial charge on any atom is 0.340 e. The summed E-state index contributed by atoms with van der Waals surface area (Å²) < 4.78 is 0. The lowest BCUT2D eigenvalue weighted by Crippen LogP contribution is -2.02. The third kappa shape index (κ3) is 2.35. The van der Waals surface area contributed by atoms with E-state index >= 15 is 0 Å². The van der Waals surface area contributed by atoms with Crippen molar-refractivity contribution in [3.8, 4) is 5.75 Å². The Morgan fingerprint density at radius 3 is 2.78 bits per heavy atom. The van der Waals surface area contributed by atoms with Gasteiger partial charge in [-0.15, -0.1) is 0 Å². The molecule has 0 aromatic heterocycles. The fourth-order valence-corrected chi connectivity index (χ4v) is 1.89. The second kappa shape index (κ2) is 4.92. The molecule has 1 aromatic carbocycles. The Bertz CT molecular complexity index is 565. The van der Waals surface area contributed by atoms with Crippen LogP contribution in [0.5, 0.6) is 5.75 Å². The summed E-state index contributed by atoms with van der Waals surface area (Å²) in [5, 5.41) is 18.8. The Kier molecular flexibility index (Phi) is 3.33. The largest absolute Gasteiger partial charge is 0.507 e. The topological polar surface area (TPSA) is 57.5 Å². The van der Waals surface area contributed by atoms with E-state index in [4.69, 9.17) is 0 Å². The zero-order valence-electron chi connectivity index (χ0n) is 10.00. The predicted molar refractivity (Wildman–Crippen MR) is 70.5 cm³/mol. The van der Waals surface area contributed by atoms with Gasteiger partial charge in [0.05, 0.1) is 0 Å². The van der Waals surface area contributed by atoms with Crippen LogP contribution < -0.4 is 0 Å². The van der Waals surface area contributed by atoms with Crippen molar-refractivity contribution >= 4 is 11.5 Å². The van der Waals surface area contributed by atoms with Gasteiger partial charge in [0.1, 0.15) is 11.3 Å². The van der Waals surface area contributed by atoms with Crippen LogP contribution in [-0.4, -0.2) is 16.2 Å². The summed E-state index contributed by atoms with van der Waals surface area (Å²) in [5.74, 6) is -1.03. The number of carbonyl (C=O) groups is 1. The minimum atomic E-state index is -1.13. The molecule has 2 rings (SSSR count). The average molecular weight is 242 g/mol. The molecule has 0 saturated heterocycles. The summed E-state index contributed by atoms with van der Waals surface area (Å²) >= 11 is 0. The summed E-state index contributed by atoms with van der Waals surface area (Å²) in [4.78, 5) is 11.2. The van der Waals surface area contributed by atoms with Crippen molar-refractivity contribution in [1.29, 1.82) is 0 Å². The summed E-state index contributed by atoms with van der Waals surface area (Å²) in [5.41, 5.74) is 1.25. The number of aromatic hydroxyl groups is 1. The first kappa shape index (κ1) is 12.2. The van der Waals surface area contributed by atoms with E-state index in [2.05, 4.69) is 0 Å². The number of benzene rings is 1. The van der Waals surface area contributed by atoms with Crippen molar-refractivity contribution in [2.75, 3.05) is 0 Å². The van der Waals surface area contributed by atoms with Gasteiger partial charge < -0.3 is 10.2 Å². The number of rotatable bonds is 2. The number of hydrogen-bond donors (Lipinski definition) is 2. The van der Waals surface area contributed by atoms with Gasteiger partial charge in [-0.3, -0.25) is 0 Å². The third-order valence-corrected chi connectivity index (χ3v) is 2.84. The van der Waals surface area contributed by atoms with Crippen LogP contribution in [0.25, 0.3) is 5.57 Å². The Morgan fingerprint density at radius 2 is 2.06 bits per heavy atom. The number of carboxylic acids is 1. The van der Waals surface area contributed by atoms with E-state index in [0.29, 0.717) is 11.5 Å². The van der Waals surface area contributed by atoms with Gasteiger partial charge in [-0.25, -0.2) is 4.79 Å². The minimum absolute atomic E-state index is 0.0589. The fourth-order valence-electron chi connectivity index (χ4n) is 1.89. The summed E-state index contributed by atoms with van der Waals surface area (Å²) in [6.45, 7) is 2.05. The molecule has 1 aromatic rings. The Morgan fingerprint density at radius 1 is 1.28 bits per heavy atom. The molecule has 0 bridgehead atoms. The maximum absolute atomic E-state index is 11.2. The highest BCUT2D eigenvalue weighted by atomic mass is 16.4. The second-order valence-corrected chi connectivity index (χ2v) is 4.23. The lowest BCUT2D eigenvalue weighted by Gasteiger charge is -2.08. The van der Waals surface area contributed by atoms with E-state index in [-0.39, 0.29) is 11.3 Å². The molecule has 0 fully saturated rings. The van der Waals surface area contributed by atoms with Gasteiger partial charge in [0.15, 0.2) is 0 Å². The first-order valence-electron chi connectivity index (χ1n) is 5.72. The molecule has 1 aliphatic carbocycles. The van der Waals surface area contributed by atoms with Gasteiger partial charge in [0, 0.05) is 0 Å². The van der Waals surface area contributed by atoms with Crippen LogP contribution in [0.15, 0.2) is 48.6 Å². The van der Waals surface area contributed by atoms with Gasteiger partial charge in [-0.1, -0.05) is 49.4 Å². The average Bonchev–Trinajstić information content (AvgIpc) is 2.53. The summed E-state index contributed by atoms with van der Waals surface area (Å²) in [7, 11) is 0. The Labute approximate surface area is 105 Å². The van der Waals surface area contributed by atoms with Gasteiger partial charge in [-0.05, 0) is 23.1 Å². The molecule has 1 aliphatic rings. The second-order valence-electron chi connectivity index (χ2n) is 4.23. The highest BCUT2D eigenvalue weighted by Gasteiger charge is 2.16. The van der Waals surface area contributed by atoms with Gasteiger partial charge >= 0.3 is 5.97 Å². The molecule has 3 heteroatoms. The molecule has 0 amide bonds. The Balaban J connectivity index is 2.55. The number of phenols is 1. The van der Waals surface area contributed by atoms with Gasteiger partial charge in [0.25, 0.3) is 0 Å². The standard InChI is InChI=1S/C15H14O3/c1-10-4-2-5-11(9-8-10)12-6-3-7-13(16)14(12)15(17)18/h2-10,16H,1H3,(H,17,18). The molecular weight excluding hydrogens is 228 g/mol. The van der Waals surface area contributed by atoms with E-state index in [9.17, 15) is 15.0 Å². The van der Waals surface area contributed by atoms with Crippen LogP contribution >= 0.6 is 0 Å². The lowest BCUT2D eigenvalue weighted by atomic mass is 9.98. The highest BCUT2D eigenvalue weighted by Crippen LogP contribution is 2.29. The smallest absolute Gasteiger partial charge is 0.340 e. The zero-order valence-corrected chi connectivity index (χ0v) is 10.00. The monoisotopic (exact) mass is 242 g/mol. The maximum atomic E-state index is 11.2. The predicted octanol–water partition coefficient (Wildman–Crippen LogP) is 3.24. The molecule has 1 unspecified atom stereocenters. The number of aromatic carboxylic acids is 1. The molecule has 1 atom stereocenters. The molecule has 0 heterocycles. The summed E-state index contributed by atoms with van der Waals surface area (Å²) in [6.07, 6.45) is 9.64. The van der Waals surface area contributed by atoms with Crippen molar-refractivity contribution in [3.63, 3.8) is 0 Å². The molecule has 0 saturated carbocycles. The molecule has 2 N–H and O–H groups in total. The van der Waals surface area contributed by atoms with Crippen LogP contribution in [0.2, 0.25) is 0 Å². The van der Waals surface area contributed by atoms with Crippen molar-refractivity contribution in [2.45, 2.75) is 6.92 Å². The zero-order chi connectivity index (χ0) is 13.1. The van der Waals surface area contributed by atoms with Crippen LogP contribution in [0.1, 0.15) is 22.8 Å². The van der Waals surface area contributed by atoms with Crippen molar-refractivity contribution < 1.29 is 15.0 Å². The first-order chi connectivity index (χ1) is 8.59. The van der Waals surface area contributed by atoms with Crippen LogP contribution in [0.4, 0.5) is 0 Å².